The van der Waals surface area contributed by atoms with Crippen molar-refractivity contribution in [1.82, 2.24) is 25.1 Å². The minimum atomic E-state index is -0.219. The summed E-state index contributed by atoms with van der Waals surface area (Å²) in [5.41, 5.74) is 6.01. The van der Waals surface area contributed by atoms with E-state index in [1.807, 2.05) is 22.3 Å². The summed E-state index contributed by atoms with van der Waals surface area (Å²) >= 11 is 0. The predicted octanol–water partition coefficient (Wildman–Crippen LogP) is 3.61. The highest BCUT2D eigenvalue weighted by Gasteiger charge is 2.40. The van der Waals surface area contributed by atoms with Gasteiger partial charge < -0.3 is 14.8 Å². The van der Waals surface area contributed by atoms with Crippen LogP contribution in [0.15, 0.2) is 36.7 Å². The molecule has 7 heteroatoms. The molecule has 3 heterocycles. The SMILES string of the molecule is CC(C)c1ccc(C2CC3C(=O)N(CCC(=O)N4CCN(C5CCCCC5)CC4)C=CN3N2)cc1. The van der Waals surface area contributed by atoms with Crippen LogP contribution in [0, 0.1) is 0 Å². The third-order valence-electron chi connectivity index (χ3n) is 8.41. The standard InChI is InChI=1S/C28H41N5O2/c1-21(2)22-8-10-23(11-9-22)25-20-26-28(35)32(18-19-33(26)29-25)13-12-27(34)31-16-14-30(15-17-31)24-6-4-3-5-7-24/h8-11,18-19,21,24-26,29H,3-7,12-17,20H2,1-2H3. The van der Waals surface area contributed by atoms with E-state index in [-0.39, 0.29) is 23.9 Å². The first-order valence-electron chi connectivity index (χ1n) is 13.6. The van der Waals surface area contributed by atoms with E-state index in [0.717, 1.165) is 38.6 Å². The van der Waals surface area contributed by atoms with Gasteiger partial charge in [-0.15, -0.1) is 0 Å². The maximum atomic E-state index is 13.2. The molecule has 190 valence electrons. The fourth-order valence-corrected chi connectivity index (χ4v) is 6.11. The molecule has 3 fully saturated rings. The van der Waals surface area contributed by atoms with Crippen molar-refractivity contribution >= 4 is 11.8 Å². The third kappa shape index (κ3) is 5.41. The fraction of sp³-hybridized carbons (Fsp3) is 0.643. The lowest BCUT2D eigenvalue weighted by atomic mass is 9.94. The van der Waals surface area contributed by atoms with Crippen molar-refractivity contribution in [1.29, 1.82) is 0 Å². The molecule has 3 aliphatic heterocycles. The molecular formula is C28H41N5O2. The first-order valence-corrected chi connectivity index (χ1v) is 13.6. The molecule has 1 N–H and O–H groups in total. The Bertz CT molecular complexity index is 916. The Labute approximate surface area is 210 Å². The van der Waals surface area contributed by atoms with Gasteiger partial charge in [-0.3, -0.25) is 14.5 Å². The highest BCUT2D eigenvalue weighted by molar-refractivity contribution is 5.85. The Morgan fingerprint density at radius 1 is 1.00 bits per heavy atom. The lowest BCUT2D eigenvalue weighted by molar-refractivity contribution is -0.137. The number of nitrogens with one attached hydrogen (secondary N) is 1. The van der Waals surface area contributed by atoms with Gasteiger partial charge in [0.05, 0.1) is 6.04 Å². The molecule has 2 unspecified atom stereocenters. The van der Waals surface area contributed by atoms with Crippen molar-refractivity contribution in [2.24, 2.45) is 0 Å². The van der Waals surface area contributed by atoms with Crippen LogP contribution in [0.5, 0.6) is 0 Å². The zero-order chi connectivity index (χ0) is 24.4. The molecule has 2 amide bonds. The molecule has 4 aliphatic rings. The topological polar surface area (TPSA) is 59.1 Å². The van der Waals surface area contributed by atoms with E-state index in [0.29, 0.717) is 18.9 Å². The predicted molar refractivity (Wildman–Crippen MR) is 137 cm³/mol. The van der Waals surface area contributed by atoms with Gasteiger partial charge >= 0.3 is 0 Å². The monoisotopic (exact) mass is 479 g/mol. The summed E-state index contributed by atoms with van der Waals surface area (Å²) in [4.78, 5) is 32.4. The summed E-state index contributed by atoms with van der Waals surface area (Å²) in [6.07, 6.45) is 11.6. The summed E-state index contributed by atoms with van der Waals surface area (Å²) < 4.78 is 0. The van der Waals surface area contributed by atoms with Gasteiger partial charge in [-0.05, 0) is 36.3 Å². The van der Waals surface area contributed by atoms with Crippen LogP contribution in [-0.2, 0) is 9.59 Å². The molecule has 1 aliphatic carbocycles. The molecule has 0 radical (unpaired) electrons. The molecule has 0 spiro atoms. The van der Waals surface area contributed by atoms with E-state index in [1.165, 1.54) is 43.2 Å². The van der Waals surface area contributed by atoms with Crippen LogP contribution in [0.2, 0.25) is 0 Å². The molecule has 5 rings (SSSR count). The fourth-order valence-electron chi connectivity index (χ4n) is 6.11. The average Bonchev–Trinajstić information content (AvgIpc) is 3.34. The number of piperazine rings is 1. The first-order chi connectivity index (χ1) is 17.0. The number of hydrogen-bond donors (Lipinski definition) is 1. The number of nitrogens with zero attached hydrogens (tertiary/aromatic N) is 4. The molecule has 1 saturated carbocycles. The highest BCUT2D eigenvalue weighted by Crippen LogP contribution is 2.31. The molecule has 7 nitrogen and oxygen atoms in total. The van der Waals surface area contributed by atoms with Crippen molar-refractivity contribution in [3.05, 3.63) is 47.8 Å². The van der Waals surface area contributed by atoms with Crippen LogP contribution in [0.1, 0.15) is 81.9 Å². The van der Waals surface area contributed by atoms with E-state index < -0.39 is 0 Å². The second-order valence-electron chi connectivity index (χ2n) is 11.0. The van der Waals surface area contributed by atoms with E-state index in [4.69, 9.17) is 0 Å². The second-order valence-corrected chi connectivity index (χ2v) is 11.0. The Balaban J connectivity index is 1.09. The van der Waals surface area contributed by atoms with Crippen molar-refractivity contribution in [2.45, 2.75) is 82.8 Å². The van der Waals surface area contributed by atoms with Crippen LogP contribution < -0.4 is 5.43 Å². The number of amides is 2. The number of carbonyl (C=O) groups is 2. The molecule has 1 aromatic carbocycles. The Hall–Kier alpha value is -2.38. The lowest BCUT2D eigenvalue weighted by Crippen LogP contribution is -2.53. The van der Waals surface area contributed by atoms with Gasteiger partial charge in [-0.2, -0.15) is 0 Å². The number of rotatable bonds is 6. The van der Waals surface area contributed by atoms with Crippen LogP contribution in [-0.4, -0.2) is 76.3 Å². The van der Waals surface area contributed by atoms with E-state index in [2.05, 4.69) is 48.4 Å². The van der Waals surface area contributed by atoms with Crippen molar-refractivity contribution in [3.8, 4) is 0 Å². The van der Waals surface area contributed by atoms with Gasteiger partial charge in [0.15, 0.2) is 0 Å². The van der Waals surface area contributed by atoms with Gasteiger partial charge in [0, 0.05) is 57.6 Å². The lowest BCUT2D eigenvalue weighted by Gasteiger charge is -2.41. The quantitative estimate of drug-likeness (QED) is 0.676. The molecule has 2 atom stereocenters. The van der Waals surface area contributed by atoms with Crippen molar-refractivity contribution in [2.75, 3.05) is 32.7 Å². The Morgan fingerprint density at radius 3 is 2.40 bits per heavy atom. The molecule has 1 aromatic rings. The second kappa shape index (κ2) is 10.7. The van der Waals surface area contributed by atoms with Gasteiger partial charge in [0.25, 0.3) is 5.91 Å². The van der Waals surface area contributed by atoms with E-state index >= 15 is 0 Å². The van der Waals surface area contributed by atoms with Crippen LogP contribution >= 0.6 is 0 Å². The van der Waals surface area contributed by atoms with Crippen LogP contribution in [0.3, 0.4) is 0 Å². The number of carbonyl (C=O) groups excluding carboxylic acids is 2. The van der Waals surface area contributed by atoms with Gasteiger partial charge in [0.2, 0.25) is 5.91 Å². The maximum absolute atomic E-state index is 13.2. The van der Waals surface area contributed by atoms with E-state index in [9.17, 15) is 9.59 Å². The number of hydrazine groups is 1. The normalized spacial score (nSPS) is 26.0. The summed E-state index contributed by atoms with van der Waals surface area (Å²) in [6.45, 7) is 8.46. The molecule has 2 saturated heterocycles. The smallest absolute Gasteiger partial charge is 0.250 e. The maximum Gasteiger partial charge on any atom is 0.250 e. The number of benzene rings is 1. The first kappa shape index (κ1) is 24.3. The van der Waals surface area contributed by atoms with Crippen molar-refractivity contribution in [3.63, 3.8) is 0 Å². The number of fused-ring (bicyclic) bond motifs is 1. The summed E-state index contributed by atoms with van der Waals surface area (Å²) in [5.74, 6) is 0.759. The molecule has 35 heavy (non-hydrogen) atoms. The zero-order valence-corrected chi connectivity index (χ0v) is 21.4. The largest absolute Gasteiger partial charge is 0.340 e. The molecule has 0 aromatic heterocycles. The Kier molecular flexibility index (Phi) is 7.44. The zero-order valence-electron chi connectivity index (χ0n) is 21.4. The van der Waals surface area contributed by atoms with Crippen LogP contribution in [0.4, 0.5) is 0 Å². The number of hydrogen-bond acceptors (Lipinski definition) is 5. The molecular weight excluding hydrogens is 438 g/mol. The summed E-state index contributed by atoms with van der Waals surface area (Å²) in [7, 11) is 0. The third-order valence-corrected chi connectivity index (χ3v) is 8.41. The Morgan fingerprint density at radius 2 is 1.71 bits per heavy atom. The minimum Gasteiger partial charge on any atom is -0.340 e. The molecule has 0 bridgehead atoms. The van der Waals surface area contributed by atoms with Crippen molar-refractivity contribution < 1.29 is 9.59 Å². The summed E-state index contributed by atoms with van der Waals surface area (Å²) in [5, 5.41) is 1.94. The summed E-state index contributed by atoms with van der Waals surface area (Å²) in [6, 6.07) is 9.33. The average molecular weight is 480 g/mol. The highest BCUT2D eigenvalue weighted by atomic mass is 16.2. The van der Waals surface area contributed by atoms with Gasteiger partial charge in [-0.1, -0.05) is 57.4 Å². The van der Waals surface area contributed by atoms with Crippen LogP contribution in [0.25, 0.3) is 0 Å². The van der Waals surface area contributed by atoms with E-state index in [1.54, 1.807) is 4.90 Å². The minimum absolute atomic E-state index is 0.0798. The van der Waals surface area contributed by atoms with Gasteiger partial charge in [0.1, 0.15) is 6.04 Å². The van der Waals surface area contributed by atoms with Gasteiger partial charge in [-0.25, -0.2) is 5.43 Å².